The maximum absolute atomic E-state index is 13.3. The third-order valence-corrected chi connectivity index (χ3v) is 5.80. The predicted molar refractivity (Wildman–Crippen MR) is 128 cm³/mol. The highest BCUT2D eigenvalue weighted by Gasteiger charge is 2.21. The van der Waals surface area contributed by atoms with Gasteiger partial charge < -0.3 is 14.6 Å². The zero-order valence-corrected chi connectivity index (χ0v) is 20.1. The molecule has 35 heavy (non-hydrogen) atoms. The number of carbonyl (C=O) groups is 2. The summed E-state index contributed by atoms with van der Waals surface area (Å²) in [5, 5.41) is 12.3. The lowest BCUT2D eigenvalue weighted by atomic mass is 10.2. The third-order valence-electron chi connectivity index (χ3n) is 5.19. The van der Waals surface area contributed by atoms with Gasteiger partial charge in [-0.25, -0.2) is 17.6 Å². The molecule has 11 heteroatoms. The Morgan fingerprint density at radius 3 is 2.46 bits per heavy atom. The van der Waals surface area contributed by atoms with Crippen LogP contribution in [0.5, 0.6) is 0 Å². The Morgan fingerprint density at radius 1 is 1.14 bits per heavy atom. The fourth-order valence-electron chi connectivity index (χ4n) is 3.41. The number of hydrogen-bond donors (Lipinski definition) is 2. The van der Waals surface area contributed by atoms with Crippen molar-refractivity contribution in [2.75, 3.05) is 22.9 Å². The molecule has 182 valence electrons. The van der Waals surface area contributed by atoms with Crippen LogP contribution in [-0.2, 0) is 26.1 Å². The van der Waals surface area contributed by atoms with Gasteiger partial charge in [-0.05, 0) is 55.3 Å². The van der Waals surface area contributed by atoms with Crippen molar-refractivity contribution in [3.63, 3.8) is 0 Å². The molecule has 9 nitrogen and oxygen atoms in total. The van der Waals surface area contributed by atoms with Gasteiger partial charge in [-0.3, -0.25) is 9.52 Å². The average molecular weight is 499 g/mol. The number of hydrogen-bond acceptors (Lipinski definition) is 6. The van der Waals surface area contributed by atoms with Gasteiger partial charge in [-0.2, -0.15) is 5.26 Å². The van der Waals surface area contributed by atoms with E-state index in [0.29, 0.717) is 5.56 Å². The minimum absolute atomic E-state index is 0.0514. The highest BCUT2D eigenvalue weighted by molar-refractivity contribution is 7.92. The van der Waals surface area contributed by atoms with Crippen molar-refractivity contribution in [1.82, 2.24) is 4.57 Å². The van der Waals surface area contributed by atoms with Gasteiger partial charge in [0.2, 0.25) is 10.0 Å². The summed E-state index contributed by atoms with van der Waals surface area (Å²) in [6.07, 6.45) is 0.979. The lowest BCUT2D eigenvalue weighted by molar-refractivity contribution is -0.119. The number of aromatic nitrogens is 1. The molecule has 1 amide bonds. The normalized spacial score (nSPS) is 10.9. The van der Waals surface area contributed by atoms with E-state index in [2.05, 4.69) is 16.1 Å². The van der Waals surface area contributed by atoms with Crippen LogP contribution in [0.15, 0.2) is 48.5 Å². The monoisotopic (exact) mass is 498 g/mol. The first-order valence-electron chi connectivity index (χ1n) is 10.4. The first kappa shape index (κ1) is 25.5. The standard InChI is InChI=1S/C24H23FN4O5S/c1-15-16(2)29(13-17-7-9-19(25)10-8-17)23(21(15)12-26)27-22(30)14-34-24(31)18-5-4-6-20(11-18)28-35(3,32)33/h4-11,28H,13-14H2,1-3H3,(H,27,30). The molecule has 3 aromatic rings. The molecule has 2 aromatic carbocycles. The highest BCUT2D eigenvalue weighted by atomic mass is 32.2. The van der Waals surface area contributed by atoms with Crippen molar-refractivity contribution in [3.8, 4) is 6.07 Å². The summed E-state index contributed by atoms with van der Waals surface area (Å²) in [6, 6.07) is 13.6. The second kappa shape index (κ2) is 10.4. The Balaban J connectivity index is 1.74. The number of esters is 1. The van der Waals surface area contributed by atoms with Gasteiger partial charge in [-0.1, -0.05) is 18.2 Å². The van der Waals surface area contributed by atoms with Crippen molar-refractivity contribution in [2.45, 2.75) is 20.4 Å². The summed E-state index contributed by atoms with van der Waals surface area (Å²) in [5.74, 6) is -1.63. The van der Waals surface area contributed by atoms with Crippen LogP contribution in [0.1, 0.15) is 32.7 Å². The number of ether oxygens (including phenoxy) is 1. The number of nitriles is 1. The molecule has 0 unspecified atom stereocenters. The van der Waals surface area contributed by atoms with Crippen LogP contribution in [0, 0.1) is 31.0 Å². The fourth-order valence-corrected chi connectivity index (χ4v) is 3.96. The third kappa shape index (κ3) is 6.45. The van der Waals surface area contributed by atoms with E-state index in [4.69, 9.17) is 4.74 Å². The first-order chi connectivity index (χ1) is 16.5. The van der Waals surface area contributed by atoms with Gasteiger partial charge in [0.15, 0.2) is 6.61 Å². The number of sulfonamides is 1. The molecule has 0 radical (unpaired) electrons. The predicted octanol–water partition coefficient (Wildman–Crippen LogP) is 3.33. The van der Waals surface area contributed by atoms with E-state index in [9.17, 15) is 27.7 Å². The minimum Gasteiger partial charge on any atom is -0.452 e. The number of nitrogens with one attached hydrogen (secondary N) is 2. The zero-order chi connectivity index (χ0) is 25.8. The van der Waals surface area contributed by atoms with Crippen LogP contribution in [0.4, 0.5) is 15.9 Å². The molecule has 1 heterocycles. The van der Waals surface area contributed by atoms with E-state index in [1.165, 1.54) is 36.4 Å². The average Bonchev–Trinajstić information content (AvgIpc) is 3.01. The van der Waals surface area contributed by atoms with Gasteiger partial charge in [0, 0.05) is 17.9 Å². The number of anilines is 2. The molecule has 0 aliphatic carbocycles. The second-order valence-corrected chi connectivity index (χ2v) is 9.59. The molecule has 0 saturated carbocycles. The van der Waals surface area contributed by atoms with Crippen molar-refractivity contribution < 1.29 is 27.1 Å². The molecular weight excluding hydrogens is 475 g/mol. The summed E-state index contributed by atoms with van der Waals surface area (Å²) >= 11 is 0. The summed E-state index contributed by atoms with van der Waals surface area (Å²) < 4.78 is 45.1. The number of benzene rings is 2. The highest BCUT2D eigenvalue weighted by Crippen LogP contribution is 2.27. The van der Waals surface area contributed by atoms with Crippen LogP contribution in [0.2, 0.25) is 0 Å². The Bertz CT molecular complexity index is 1420. The van der Waals surface area contributed by atoms with Gasteiger partial charge in [-0.15, -0.1) is 0 Å². The minimum atomic E-state index is -3.53. The molecule has 2 N–H and O–H groups in total. The molecular formula is C24H23FN4O5S. The molecule has 0 aliphatic heterocycles. The topological polar surface area (TPSA) is 130 Å². The Labute approximate surface area is 202 Å². The van der Waals surface area contributed by atoms with E-state index >= 15 is 0 Å². The van der Waals surface area contributed by atoms with Crippen LogP contribution in [0.3, 0.4) is 0 Å². The smallest absolute Gasteiger partial charge is 0.338 e. The molecule has 0 spiro atoms. The van der Waals surface area contributed by atoms with E-state index < -0.39 is 28.5 Å². The van der Waals surface area contributed by atoms with E-state index in [1.807, 2.05) is 0 Å². The number of rotatable bonds is 8. The summed E-state index contributed by atoms with van der Waals surface area (Å²) in [7, 11) is -3.53. The maximum atomic E-state index is 13.3. The molecule has 0 fully saturated rings. The Kier molecular flexibility index (Phi) is 7.56. The van der Waals surface area contributed by atoms with Crippen LogP contribution >= 0.6 is 0 Å². The van der Waals surface area contributed by atoms with Crippen LogP contribution in [0.25, 0.3) is 0 Å². The lowest BCUT2D eigenvalue weighted by Crippen LogP contribution is -2.23. The van der Waals surface area contributed by atoms with Crippen molar-refractivity contribution in [1.29, 1.82) is 5.26 Å². The Hall–Kier alpha value is -4.17. The van der Waals surface area contributed by atoms with Crippen molar-refractivity contribution in [3.05, 3.63) is 82.3 Å². The van der Waals surface area contributed by atoms with Gasteiger partial charge in [0.25, 0.3) is 5.91 Å². The van der Waals surface area contributed by atoms with Gasteiger partial charge in [0.05, 0.1) is 17.4 Å². The summed E-state index contributed by atoms with van der Waals surface area (Å²) in [6.45, 7) is 3.20. The zero-order valence-electron chi connectivity index (χ0n) is 19.3. The van der Waals surface area contributed by atoms with E-state index in [1.54, 1.807) is 30.5 Å². The van der Waals surface area contributed by atoms with Crippen LogP contribution in [-0.4, -0.2) is 37.7 Å². The number of halogens is 1. The van der Waals surface area contributed by atoms with Gasteiger partial charge in [0.1, 0.15) is 17.7 Å². The van der Waals surface area contributed by atoms with E-state index in [0.717, 1.165) is 17.5 Å². The fraction of sp³-hybridized carbons (Fsp3) is 0.208. The Morgan fingerprint density at radius 2 is 1.83 bits per heavy atom. The summed E-state index contributed by atoms with van der Waals surface area (Å²) in [4.78, 5) is 25.0. The van der Waals surface area contributed by atoms with Crippen molar-refractivity contribution in [2.24, 2.45) is 0 Å². The molecule has 0 atom stereocenters. The largest absolute Gasteiger partial charge is 0.452 e. The van der Waals surface area contributed by atoms with E-state index in [-0.39, 0.29) is 35.0 Å². The molecule has 0 aliphatic rings. The lowest BCUT2D eigenvalue weighted by Gasteiger charge is -2.13. The second-order valence-electron chi connectivity index (χ2n) is 7.84. The van der Waals surface area contributed by atoms with Crippen LogP contribution < -0.4 is 10.0 Å². The number of amides is 1. The van der Waals surface area contributed by atoms with Gasteiger partial charge >= 0.3 is 5.97 Å². The number of nitrogens with zero attached hydrogens (tertiary/aromatic N) is 2. The summed E-state index contributed by atoms with van der Waals surface area (Å²) in [5.41, 5.74) is 2.68. The molecule has 3 rings (SSSR count). The quantitative estimate of drug-likeness (QED) is 0.458. The molecule has 0 bridgehead atoms. The SMILES string of the molecule is Cc1c(C#N)c(NC(=O)COC(=O)c2cccc(NS(C)(=O)=O)c2)n(Cc2ccc(F)cc2)c1C. The van der Waals surface area contributed by atoms with Crippen molar-refractivity contribution >= 4 is 33.4 Å². The first-order valence-corrected chi connectivity index (χ1v) is 12.3. The molecule has 1 aromatic heterocycles. The number of carbonyl (C=O) groups excluding carboxylic acids is 2. The maximum Gasteiger partial charge on any atom is 0.338 e. The molecule has 0 saturated heterocycles.